The summed E-state index contributed by atoms with van der Waals surface area (Å²) in [6.07, 6.45) is -0.382. The van der Waals surface area contributed by atoms with E-state index >= 15 is 0 Å². The van der Waals surface area contributed by atoms with E-state index in [-0.39, 0.29) is 16.8 Å². The normalized spacial score (nSPS) is 11.8. The van der Waals surface area contributed by atoms with Crippen molar-refractivity contribution in [3.05, 3.63) is 28.2 Å². The average molecular weight is 320 g/mol. The van der Waals surface area contributed by atoms with Crippen LogP contribution in [0.3, 0.4) is 0 Å². The van der Waals surface area contributed by atoms with E-state index < -0.39 is 23.9 Å². The second-order valence-electron chi connectivity index (χ2n) is 3.26. The lowest BCUT2D eigenvalue weighted by Gasteiger charge is -2.16. The molecule has 0 saturated carbocycles. The molecule has 0 aliphatic carbocycles. The lowest BCUT2D eigenvalue weighted by molar-refractivity contribution is -0.167. The molecule has 1 atom stereocenters. The van der Waals surface area contributed by atoms with E-state index in [0.717, 1.165) is 19.2 Å². The first-order valence-electron chi connectivity index (χ1n) is 5.10. The van der Waals surface area contributed by atoms with Crippen molar-refractivity contribution < 1.29 is 23.5 Å². The van der Waals surface area contributed by atoms with E-state index in [1.165, 1.54) is 0 Å². The van der Waals surface area contributed by atoms with Gasteiger partial charge < -0.3 is 9.47 Å². The number of hydrogen-bond acceptors (Lipinski definition) is 5. The van der Waals surface area contributed by atoms with Crippen molar-refractivity contribution in [2.45, 2.75) is 20.0 Å². The number of esters is 2. The summed E-state index contributed by atoms with van der Waals surface area (Å²) in [4.78, 5) is 26.4. The summed E-state index contributed by atoms with van der Waals surface area (Å²) >= 11 is 3.06. The molecule has 0 bridgehead atoms. The number of nitrogens with zero attached hydrogens (tertiary/aromatic N) is 1. The minimum atomic E-state index is -1.31. The number of carbonyl (C=O) groups is 2. The molecular formula is C11H11BrFNO4. The van der Waals surface area contributed by atoms with Crippen molar-refractivity contribution >= 4 is 27.9 Å². The molecule has 0 fully saturated rings. The predicted molar refractivity (Wildman–Crippen MR) is 63.0 cm³/mol. The lowest BCUT2D eigenvalue weighted by Crippen LogP contribution is -2.22. The van der Waals surface area contributed by atoms with Crippen molar-refractivity contribution in [2.24, 2.45) is 0 Å². The Bertz CT molecular complexity index is 466. The van der Waals surface area contributed by atoms with Crippen molar-refractivity contribution in [3.8, 4) is 0 Å². The Morgan fingerprint density at radius 3 is 2.72 bits per heavy atom. The van der Waals surface area contributed by atoms with E-state index in [9.17, 15) is 14.0 Å². The first-order chi connectivity index (χ1) is 8.45. The first kappa shape index (κ1) is 14.6. The summed E-state index contributed by atoms with van der Waals surface area (Å²) in [7, 11) is 0. The molecule has 7 heteroatoms. The molecule has 0 radical (unpaired) electrons. The highest BCUT2D eigenvalue weighted by Crippen LogP contribution is 2.26. The Morgan fingerprint density at radius 2 is 2.22 bits per heavy atom. The molecule has 1 rings (SSSR count). The zero-order chi connectivity index (χ0) is 13.7. The molecule has 0 saturated heterocycles. The number of hydrogen-bond donors (Lipinski definition) is 0. The molecule has 1 aromatic rings. The van der Waals surface area contributed by atoms with Gasteiger partial charge in [0.15, 0.2) is 0 Å². The molecule has 0 amide bonds. The van der Waals surface area contributed by atoms with Gasteiger partial charge in [-0.1, -0.05) is 0 Å². The van der Waals surface area contributed by atoms with Gasteiger partial charge in [-0.3, -0.25) is 9.78 Å². The van der Waals surface area contributed by atoms with Gasteiger partial charge in [-0.15, -0.1) is 0 Å². The van der Waals surface area contributed by atoms with E-state index in [1.807, 2.05) is 0 Å². The number of ether oxygens (including phenoxy) is 2. The fourth-order valence-electron chi connectivity index (χ4n) is 1.22. The molecule has 0 spiro atoms. The van der Waals surface area contributed by atoms with Crippen LogP contribution in [0.15, 0.2) is 16.7 Å². The minimum Gasteiger partial charge on any atom is -0.463 e. The highest BCUT2D eigenvalue weighted by atomic mass is 79.9. The van der Waals surface area contributed by atoms with Crippen LogP contribution in [0.2, 0.25) is 0 Å². The Hall–Kier alpha value is -1.50. The van der Waals surface area contributed by atoms with Gasteiger partial charge in [-0.05, 0) is 28.9 Å². The van der Waals surface area contributed by atoms with Gasteiger partial charge in [-0.2, -0.15) is 0 Å². The average Bonchev–Trinajstić information content (AvgIpc) is 2.26. The van der Waals surface area contributed by atoms with Gasteiger partial charge >= 0.3 is 11.9 Å². The Labute approximate surface area is 111 Å². The molecule has 98 valence electrons. The van der Waals surface area contributed by atoms with Crippen molar-refractivity contribution in [3.63, 3.8) is 0 Å². The molecule has 1 unspecified atom stereocenters. The van der Waals surface area contributed by atoms with Gasteiger partial charge in [-0.25, -0.2) is 9.18 Å². The summed E-state index contributed by atoms with van der Waals surface area (Å²) in [6.45, 7) is 2.91. The van der Waals surface area contributed by atoms with E-state index in [1.54, 1.807) is 6.92 Å². The Kier molecular flexibility index (Phi) is 5.21. The third kappa shape index (κ3) is 3.76. The summed E-state index contributed by atoms with van der Waals surface area (Å²) < 4.78 is 22.7. The molecule has 0 N–H and O–H groups in total. The van der Waals surface area contributed by atoms with Crippen molar-refractivity contribution in [1.82, 2.24) is 4.98 Å². The van der Waals surface area contributed by atoms with Crippen LogP contribution >= 0.6 is 15.9 Å². The highest BCUT2D eigenvalue weighted by Gasteiger charge is 2.28. The summed E-state index contributed by atoms with van der Waals surface area (Å²) in [6, 6.07) is 1.12. The van der Waals surface area contributed by atoms with Crippen molar-refractivity contribution in [2.75, 3.05) is 6.61 Å². The highest BCUT2D eigenvalue weighted by molar-refractivity contribution is 9.10. The van der Waals surface area contributed by atoms with Crippen LogP contribution in [-0.2, 0) is 19.1 Å². The van der Waals surface area contributed by atoms with Gasteiger partial charge in [0.05, 0.1) is 12.8 Å². The third-order valence-corrected chi connectivity index (χ3v) is 2.50. The van der Waals surface area contributed by atoms with E-state index in [0.29, 0.717) is 0 Å². The number of carbonyl (C=O) groups excluding carboxylic acids is 2. The second-order valence-corrected chi connectivity index (χ2v) is 4.12. The second kappa shape index (κ2) is 6.44. The van der Waals surface area contributed by atoms with Crippen molar-refractivity contribution in [1.29, 1.82) is 0 Å². The predicted octanol–water partition coefficient (Wildman–Crippen LogP) is 2.15. The zero-order valence-electron chi connectivity index (χ0n) is 9.78. The first-order valence-corrected chi connectivity index (χ1v) is 5.89. The monoisotopic (exact) mass is 319 g/mol. The number of halogens is 2. The third-order valence-electron chi connectivity index (χ3n) is 1.87. The molecule has 1 aromatic heterocycles. The Balaban J connectivity index is 3.08. The van der Waals surface area contributed by atoms with Crippen LogP contribution in [0.25, 0.3) is 0 Å². The lowest BCUT2D eigenvalue weighted by atomic mass is 10.2. The molecule has 18 heavy (non-hydrogen) atoms. The van der Waals surface area contributed by atoms with Crippen LogP contribution < -0.4 is 0 Å². The van der Waals surface area contributed by atoms with E-state index in [2.05, 4.69) is 20.9 Å². The molecule has 0 aliphatic rings. The quantitative estimate of drug-likeness (QED) is 0.795. The maximum atomic E-state index is 12.9. The van der Waals surface area contributed by atoms with Crippen LogP contribution in [0.5, 0.6) is 0 Å². The Morgan fingerprint density at radius 1 is 1.56 bits per heavy atom. The number of pyridine rings is 1. The molecular weight excluding hydrogens is 309 g/mol. The number of aromatic nitrogens is 1. The van der Waals surface area contributed by atoms with Gasteiger partial charge in [0.25, 0.3) is 0 Å². The van der Waals surface area contributed by atoms with Gasteiger partial charge in [0, 0.05) is 11.4 Å². The smallest absolute Gasteiger partial charge is 0.353 e. The SMILES string of the molecule is CCOC(=O)C(OC(C)=O)c1ncc(F)cc1Br. The van der Waals surface area contributed by atoms with E-state index in [4.69, 9.17) is 9.47 Å². The van der Waals surface area contributed by atoms with Gasteiger partial charge in [0.2, 0.25) is 6.10 Å². The summed E-state index contributed by atoms with van der Waals surface area (Å²) in [5, 5.41) is 0. The molecule has 1 heterocycles. The van der Waals surface area contributed by atoms with Crippen LogP contribution in [0.4, 0.5) is 4.39 Å². The largest absolute Gasteiger partial charge is 0.463 e. The maximum absolute atomic E-state index is 12.9. The molecule has 5 nitrogen and oxygen atoms in total. The standard InChI is InChI=1S/C11H11BrFNO4/c1-3-17-11(16)10(18-6(2)15)9-8(12)4-7(13)5-14-9/h4-5,10H,3H2,1-2H3. The van der Waals surface area contributed by atoms with Gasteiger partial charge in [0.1, 0.15) is 11.5 Å². The summed E-state index contributed by atoms with van der Waals surface area (Å²) in [5.41, 5.74) is 0.0880. The van der Waals surface area contributed by atoms with Crippen LogP contribution in [0, 0.1) is 5.82 Å². The zero-order valence-corrected chi connectivity index (χ0v) is 11.4. The van der Waals surface area contributed by atoms with Crippen LogP contribution in [0.1, 0.15) is 25.6 Å². The van der Waals surface area contributed by atoms with Crippen LogP contribution in [-0.4, -0.2) is 23.5 Å². The minimum absolute atomic E-state index is 0.0880. The summed E-state index contributed by atoms with van der Waals surface area (Å²) in [5.74, 6) is -1.99. The fraction of sp³-hybridized carbons (Fsp3) is 0.364. The number of rotatable bonds is 4. The molecule has 0 aliphatic heterocycles. The molecule has 0 aromatic carbocycles. The fourth-order valence-corrected chi connectivity index (χ4v) is 1.75. The maximum Gasteiger partial charge on any atom is 0.353 e. The topological polar surface area (TPSA) is 65.5 Å².